The van der Waals surface area contributed by atoms with Crippen molar-refractivity contribution in [3.8, 4) is 0 Å². The summed E-state index contributed by atoms with van der Waals surface area (Å²) in [5, 5.41) is 13.1. The molecule has 1 N–H and O–H groups in total. The number of nitrogens with zero attached hydrogens (tertiary/aromatic N) is 2. The Balaban J connectivity index is 2.09. The van der Waals surface area contributed by atoms with E-state index in [1.807, 2.05) is 10.7 Å². The van der Waals surface area contributed by atoms with Gasteiger partial charge in [0.2, 0.25) is 0 Å². The largest absolute Gasteiger partial charge is 0.481 e. The lowest BCUT2D eigenvalue weighted by molar-refractivity contribution is -0.141. The molecule has 1 aliphatic rings. The number of hydrogen-bond donors (Lipinski definition) is 1. The van der Waals surface area contributed by atoms with Gasteiger partial charge in [-0.25, -0.2) is 0 Å². The second-order valence-corrected chi connectivity index (χ2v) is 4.23. The maximum Gasteiger partial charge on any atom is 0.306 e. The second-order valence-electron chi connectivity index (χ2n) is 4.23. The molecule has 0 aliphatic carbocycles. The summed E-state index contributed by atoms with van der Waals surface area (Å²) in [4.78, 5) is 10.8. The predicted octanol–water partition coefficient (Wildman–Crippen LogP) is 1.11. The van der Waals surface area contributed by atoms with E-state index in [0.717, 1.165) is 18.7 Å². The summed E-state index contributed by atoms with van der Waals surface area (Å²) < 4.78 is 7.22. The number of carboxylic acid groups (broad SMARTS) is 1. The number of carboxylic acids is 1. The number of aromatic nitrogens is 2. The first-order valence-corrected chi connectivity index (χ1v) is 5.51. The van der Waals surface area contributed by atoms with E-state index in [0.29, 0.717) is 13.0 Å². The number of ether oxygens (including phenoxy) is 1. The van der Waals surface area contributed by atoms with Gasteiger partial charge in [-0.1, -0.05) is 6.92 Å². The highest BCUT2D eigenvalue weighted by molar-refractivity contribution is 5.69. The molecule has 0 saturated carbocycles. The first kappa shape index (κ1) is 11.1. The zero-order valence-electron chi connectivity index (χ0n) is 9.30. The van der Waals surface area contributed by atoms with Crippen molar-refractivity contribution in [1.29, 1.82) is 0 Å². The van der Waals surface area contributed by atoms with Crippen molar-refractivity contribution in [1.82, 2.24) is 9.78 Å². The molecule has 16 heavy (non-hydrogen) atoms. The fourth-order valence-corrected chi connectivity index (χ4v) is 1.95. The minimum absolute atomic E-state index is 0.269. The van der Waals surface area contributed by atoms with Crippen LogP contribution in [0.4, 0.5) is 0 Å². The Bertz CT molecular complexity index is 369. The molecule has 0 radical (unpaired) electrons. The summed E-state index contributed by atoms with van der Waals surface area (Å²) in [5.41, 5.74) is 0.977. The molecule has 5 nitrogen and oxygen atoms in total. The lowest BCUT2D eigenvalue weighted by Gasteiger charge is -2.14. The molecule has 0 amide bonds. The van der Waals surface area contributed by atoms with Gasteiger partial charge in [0, 0.05) is 24.9 Å². The Labute approximate surface area is 94.0 Å². The highest BCUT2D eigenvalue weighted by Crippen LogP contribution is 2.21. The molecule has 1 fully saturated rings. The van der Waals surface area contributed by atoms with Crippen LogP contribution in [-0.2, 0) is 16.0 Å². The van der Waals surface area contributed by atoms with Crippen LogP contribution >= 0.6 is 0 Å². The normalized spacial score (nSPS) is 22.2. The summed E-state index contributed by atoms with van der Waals surface area (Å²) in [5.74, 6) is -1.15. The fourth-order valence-electron chi connectivity index (χ4n) is 1.95. The molecule has 2 atom stereocenters. The molecule has 1 aliphatic heterocycles. The molecule has 2 heterocycles. The Morgan fingerprint density at radius 1 is 1.81 bits per heavy atom. The molecule has 1 aromatic rings. The van der Waals surface area contributed by atoms with Gasteiger partial charge in [-0.15, -0.1) is 0 Å². The lowest BCUT2D eigenvalue weighted by atomic mass is 10.1. The molecule has 0 bridgehead atoms. The first-order valence-electron chi connectivity index (χ1n) is 5.51. The van der Waals surface area contributed by atoms with Gasteiger partial charge in [0.1, 0.15) is 0 Å². The van der Waals surface area contributed by atoms with Crippen LogP contribution in [-0.4, -0.2) is 34.1 Å². The molecule has 0 spiro atoms. The molecule has 88 valence electrons. The van der Waals surface area contributed by atoms with Gasteiger partial charge in [0.15, 0.2) is 0 Å². The zero-order chi connectivity index (χ0) is 11.5. The van der Waals surface area contributed by atoms with Gasteiger partial charge in [-0.3, -0.25) is 9.48 Å². The molecule has 2 rings (SSSR count). The van der Waals surface area contributed by atoms with Crippen molar-refractivity contribution in [3.63, 3.8) is 0 Å². The van der Waals surface area contributed by atoms with E-state index >= 15 is 0 Å². The van der Waals surface area contributed by atoms with Crippen LogP contribution in [0.25, 0.3) is 0 Å². The van der Waals surface area contributed by atoms with Crippen LogP contribution in [0, 0.1) is 5.92 Å². The molecule has 0 aromatic carbocycles. The highest BCUT2D eigenvalue weighted by atomic mass is 16.5. The first-order chi connectivity index (χ1) is 7.68. The summed E-state index contributed by atoms with van der Waals surface area (Å²) in [7, 11) is 0. The Hall–Kier alpha value is -1.36. The van der Waals surface area contributed by atoms with Gasteiger partial charge in [-0.2, -0.15) is 5.10 Å². The standard InChI is InChI=1S/C11H16N2O3/c1-8(11(14)15)6-9-2-4-12-13(9)10-3-5-16-7-10/h2,4,8,10H,3,5-7H2,1H3,(H,14,15). The van der Waals surface area contributed by atoms with Crippen molar-refractivity contribution in [2.45, 2.75) is 25.8 Å². The van der Waals surface area contributed by atoms with Crippen LogP contribution < -0.4 is 0 Å². The van der Waals surface area contributed by atoms with Crippen LogP contribution in [0.1, 0.15) is 25.1 Å². The predicted molar refractivity (Wildman–Crippen MR) is 57.2 cm³/mol. The third-order valence-corrected chi connectivity index (χ3v) is 2.94. The van der Waals surface area contributed by atoms with Crippen molar-refractivity contribution in [2.75, 3.05) is 13.2 Å². The van der Waals surface area contributed by atoms with E-state index < -0.39 is 5.97 Å². The average Bonchev–Trinajstić information content (AvgIpc) is 2.85. The van der Waals surface area contributed by atoms with Crippen molar-refractivity contribution in [2.24, 2.45) is 5.92 Å². The van der Waals surface area contributed by atoms with Crippen LogP contribution in [0.5, 0.6) is 0 Å². The quantitative estimate of drug-likeness (QED) is 0.832. The number of carbonyl (C=O) groups is 1. The molecule has 2 unspecified atom stereocenters. The number of rotatable bonds is 4. The van der Waals surface area contributed by atoms with E-state index in [-0.39, 0.29) is 12.0 Å². The summed E-state index contributed by atoms with van der Waals surface area (Å²) in [6, 6.07) is 2.16. The molecular weight excluding hydrogens is 208 g/mol. The van der Waals surface area contributed by atoms with Gasteiger partial charge in [0.25, 0.3) is 0 Å². The Morgan fingerprint density at radius 2 is 2.62 bits per heavy atom. The van der Waals surface area contributed by atoms with Crippen molar-refractivity contribution in [3.05, 3.63) is 18.0 Å². The van der Waals surface area contributed by atoms with Gasteiger partial charge < -0.3 is 9.84 Å². The van der Waals surface area contributed by atoms with Gasteiger partial charge >= 0.3 is 5.97 Å². The van der Waals surface area contributed by atoms with E-state index in [1.165, 1.54) is 0 Å². The van der Waals surface area contributed by atoms with E-state index in [4.69, 9.17) is 9.84 Å². The zero-order valence-corrected chi connectivity index (χ0v) is 9.30. The number of aliphatic carboxylic acids is 1. The molecular formula is C11H16N2O3. The summed E-state index contributed by atoms with van der Waals surface area (Å²) in [6.45, 7) is 3.15. The van der Waals surface area contributed by atoms with Gasteiger partial charge in [0.05, 0.1) is 18.6 Å². The van der Waals surface area contributed by atoms with Crippen LogP contribution in [0.3, 0.4) is 0 Å². The molecule has 1 aromatic heterocycles. The second kappa shape index (κ2) is 4.65. The minimum atomic E-state index is -0.768. The van der Waals surface area contributed by atoms with Crippen molar-refractivity contribution >= 4 is 5.97 Å². The Kier molecular flexibility index (Phi) is 3.24. The third-order valence-electron chi connectivity index (χ3n) is 2.94. The average molecular weight is 224 g/mol. The minimum Gasteiger partial charge on any atom is -0.481 e. The third kappa shape index (κ3) is 2.24. The summed E-state index contributed by atoms with van der Waals surface area (Å²) in [6.07, 6.45) is 3.20. The number of hydrogen-bond acceptors (Lipinski definition) is 3. The summed E-state index contributed by atoms with van der Waals surface area (Å²) >= 11 is 0. The van der Waals surface area contributed by atoms with E-state index in [2.05, 4.69) is 5.10 Å². The highest BCUT2D eigenvalue weighted by Gasteiger charge is 2.22. The lowest BCUT2D eigenvalue weighted by Crippen LogP contribution is -2.18. The van der Waals surface area contributed by atoms with E-state index in [9.17, 15) is 4.79 Å². The van der Waals surface area contributed by atoms with Crippen LogP contribution in [0.15, 0.2) is 12.3 Å². The van der Waals surface area contributed by atoms with Crippen molar-refractivity contribution < 1.29 is 14.6 Å². The maximum atomic E-state index is 10.8. The Morgan fingerprint density at radius 3 is 3.25 bits per heavy atom. The smallest absolute Gasteiger partial charge is 0.306 e. The topological polar surface area (TPSA) is 64.4 Å². The van der Waals surface area contributed by atoms with Crippen LogP contribution in [0.2, 0.25) is 0 Å². The van der Waals surface area contributed by atoms with E-state index in [1.54, 1.807) is 13.1 Å². The molecule has 1 saturated heterocycles. The van der Waals surface area contributed by atoms with Gasteiger partial charge in [-0.05, 0) is 12.5 Å². The SMILES string of the molecule is CC(Cc1ccnn1C1CCOC1)C(=O)O. The monoisotopic (exact) mass is 224 g/mol. The fraction of sp³-hybridized carbons (Fsp3) is 0.636. The maximum absolute atomic E-state index is 10.8. The molecule has 5 heteroatoms.